The molecule has 0 atom stereocenters. The Hall–Kier alpha value is -6.74. The van der Waals surface area contributed by atoms with Crippen LogP contribution < -0.4 is 25.0 Å². The molecule has 20 heteroatoms. The molecule has 2 fully saturated rings. The highest BCUT2D eigenvalue weighted by atomic mass is 32.2. The Kier molecular flexibility index (Phi) is 15.2. The van der Waals surface area contributed by atoms with Crippen LogP contribution >= 0.6 is 11.3 Å². The highest BCUT2D eigenvalue weighted by Gasteiger charge is 2.33. The van der Waals surface area contributed by atoms with Crippen molar-refractivity contribution in [2.24, 2.45) is 11.3 Å². The number of piperazine rings is 1. The number of aromatic amines is 1. The van der Waals surface area contributed by atoms with E-state index in [1.54, 1.807) is 50.5 Å². The van der Waals surface area contributed by atoms with Crippen LogP contribution in [0.4, 0.5) is 25.8 Å². The lowest BCUT2D eigenvalue weighted by Crippen LogP contribution is -2.47. The van der Waals surface area contributed by atoms with Crippen molar-refractivity contribution in [3.8, 4) is 22.6 Å². The number of halogens is 2. The van der Waals surface area contributed by atoms with Crippen LogP contribution in [0.15, 0.2) is 95.0 Å². The number of carbonyl (C=O) groups excluding carboxylic acids is 2. The summed E-state index contributed by atoms with van der Waals surface area (Å²) in [5, 5.41) is 31.0. The molecule has 3 aromatic carbocycles. The quantitative estimate of drug-likeness (QED) is 0.0453. The second kappa shape index (κ2) is 21.4. The predicted molar refractivity (Wildman–Crippen MR) is 291 cm³/mol. The molecule has 3 aliphatic rings. The van der Waals surface area contributed by atoms with Crippen LogP contribution in [0, 0.1) is 33.1 Å². The zero-order valence-electron chi connectivity index (χ0n) is 43.5. The van der Waals surface area contributed by atoms with Crippen molar-refractivity contribution in [1.29, 1.82) is 0 Å². The number of anilines is 2. The number of thiophene rings is 1. The van der Waals surface area contributed by atoms with Crippen molar-refractivity contribution in [2.75, 3.05) is 49.5 Å². The molecule has 0 radical (unpaired) electrons. The molecule has 402 valence electrons. The highest BCUT2D eigenvalue weighted by Crippen LogP contribution is 2.46. The summed E-state index contributed by atoms with van der Waals surface area (Å²) >= 11 is 1.48. The summed E-state index contributed by atoms with van der Waals surface area (Å²) in [5.74, 6) is -2.16. The van der Waals surface area contributed by atoms with E-state index in [2.05, 4.69) is 49.0 Å². The molecule has 0 unspecified atom stereocenters. The van der Waals surface area contributed by atoms with E-state index >= 15 is 8.78 Å². The molecule has 0 spiro atoms. The van der Waals surface area contributed by atoms with Crippen LogP contribution in [0.3, 0.4) is 0 Å². The molecular formula is C56H64F2N8O8S2. The van der Waals surface area contributed by atoms with Crippen LogP contribution in [0.25, 0.3) is 27.7 Å². The molecule has 6 aromatic rings. The summed E-state index contributed by atoms with van der Waals surface area (Å²) in [7, 11) is -4.63. The van der Waals surface area contributed by atoms with E-state index in [0.29, 0.717) is 74.6 Å². The Labute approximate surface area is 445 Å². The number of pyridine rings is 1. The summed E-state index contributed by atoms with van der Waals surface area (Å²) in [5.41, 5.74) is 2.44. The number of benzene rings is 3. The predicted octanol–water partition coefficient (Wildman–Crippen LogP) is 10.9. The fraction of sp³-hybridized carbons (Fsp3) is 0.411. The minimum atomic E-state index is -4.63. The lowest BCUT2D eigenvalue weighted by Gasteiger charge is -2.39. The summed E-state index contributed by atoms with van der Waals surface area (Å²) in [6.45, 7) is 14.8. The van der Waals surface area contributed by atoms with Crippen molar-refractivity contribution in [1.82, 2.24) is 24.9 Å². The zero-order chi connectivity index (χ0) is 54.3. The largest absolute Gasteiger partial charge is 0.455 e. The van der Waals surface area contributed by atoms with Crippen molar-refractivity contribution in [3.05, 3.63) is 128 Å². The van der Waals surface area contributed by atoms with Crippen molar-refractivity contribution < 1.29 is 41.6 Å². The highest BCUT2D eigenvalue weighted by molar-refractivity contribution is 7.90. The minimum Gasteiger partial charge on any atom is -0.455 e. The molecule has 9 rings (SSSR count). The van der Waals surface area contributed by atoms with E-state index in [1.165, 1.54) is 65.9 Å². The molecule has 3 aromatic heterocycles. The average molecular weight is 1080 g/mol. The maximum absolute atomic E-state index is 15.8. The number of hydrogen-bond donors (Lipinski definition) is 5. The number of allylic oxidation sites excluding steroid dienone is 1. The number of H-pyrrole nitrogens is 1. The van der Waals surface area contributed by atoms with Gasteiger partial charge in [0.25, 0.3) is 21.6 Å². The monoisotopic (exact) mass is 1080 g/mol. The second-order valence-corrected chi connectivity index (χ2v) is 24.7. The van der Waals surface area contributed by atoms with Crippen LogP contribution in [0.1, 0.15) is 107 Å². The number of nitro groups is 1. The van der Waals surface area contributed by atoms with Gasteiger partial charge in [-0.3, -0.25) is 24.6 Å². The normalized spacial score (nSPS) is 19.4. The van der Waals surface area contributed by atoms with Gasteiger partial charge in [0.1, 0.15) is 34.5 Å². The van der Waals surface area contributed by atoms with Gasteiger partial charge in [-0.15, -0.1) is 11.3 Å². The Balaban J connectivity index is 0.914. The summed E-state index contributed by atoms with van der Waals surface area (Å²) in [6.07, 6.45) is 8.61. The smallest absolute Gasteiger partial charge is 0.293 e. The third-order valence-corrected chi connectivity index (χ3v) is 17.4. The SMILES string of the molecule is CC(=O)NC(C)(C)c1cc(F)c(-c2csc(C3=C(CN4CCN(c5ccc(C(=O)NS(=O)(=O)c6ccc(NC[C@H]7CC[C@](C)(O)CC7)c([N+](=O)[O-])c6)c(Oc6cnc7[nH]ccc7c6)c5)CC4)CCC(C)(C)C3)c2)c(F)c1. The molecule has 1 aliphatic heterocycles. The number of fused-ring (bicyclic) bond motifs is 1. The lowest BCUT2D eigenvalue weighted by atomic mass is 9.73. The number of ether oxygens (including phenoxy) is 1. The Morgan fingerprint density at radius 3 is 2.41 bits per heavy atom. The summed E-state index contributed by atoms with van der Waals surface area (Å²) in [6, 6.07) is 16.4. The first kappa shape index (κ1) is 54.1. The molecular weight excluding hydrogens is 1010 g/mol. The number of rotatable bonds is 16. The van der Waals surface area contributed by atoms with E-state index in [1.807, 2.05) is 12.1 Å². The molecule has 2 aliphatic carbocycles. The average Bonchev–Trinajstić information content (AvgIpc) is 4.04. The number of carbonyl (C=O) groups is 2. The summed E-state index contributed by atoms with van der Waals surface area (Å²) in [4.78, 5) is 49.9. The van der Waals surface area contributed by atoms with Gasteiger partial charge in [0.05, 0.1) is 38.3 Å². The molecule has 0 bridgehead atoms. The molecule has 1 saturated heterocycles. The maximum Gasteiger partial charge on any atom is 0.293 e. The van der Waals surface area contributed by atoms with Gasteiger partial charge < -0.3 is 30.4 Å². The first-order valence-corrected chi connectivity index (χ1v) is 27.9. The Morgan fingerprint density at radius 1 is 0.987 bits per heavy atom. The third kappa shape index (κ3) is 12.3. The van der Waals surface area contributed by atoms with Gasteiger partial charge >= 0.3 is 0 Å². The number of nitro benzene ring substituents is 1. The third-order valence-electron chi connectivity index (χ3n) is 15.1. The number of aliphatic hydroxyl groups is 1. The molecule has 16 nitrogen and oxygen atoms in total. The minimum absolute atomic E-state index is 0.0237. The first-order valence-electron chi connectivity index (χ1n) is 25.6. The van der Waals surface area contributed by atoms with Gasteiger partial charge in [-0.1, -0.05) is 19.4 Å². The molecule has 5 N–H and O–H groups in total. The lowest BCUT2D eigenvalue weighted by molar-refractivity contribution is -0.384. The van der Waals surface area contributed by atoms with Crippen LogP contribution in [-0.4, -0.2) is 90.0 Å². The maximum atomic E-state index is 15.8. The number of amides is 2. The second-order valence-electron chi connectivity index (χ2n) is 22.1. The standard InChI is InChI=1S/C56H64F2N8O8S2/c1-34(67)62-55(4,5)39-25-45(57)51(46(58)26-39)38-24-50(75-33-38)44-29-54(2,3)15-13-37(44)32-64-19-21-65(22-20-64)40-7-9-43(49(27-40)74-41-23-36-14-18-59-52(36)61-31-41)53(68)63-76(72,73)42-8-10-47(48(28-42)66(70)71)60-30-35-11-16-56(6,69)17-12-35/h7-10,14,18,23-28,31,33,35,60,69H,11-13,15-17,19-22,29-30,32H2,1-6H3,(H,59,61)(H,62,67)(H,63,68)/t35-,56-. The van der Waals surface area contributed by atoms with E-state index in [0.717, 1.165) is 54.1 Å². The van der Waals surface area contributed by atoms with Crippen LogP contribution in [0.2, 0.25) is 0 Å². The first-order chi connectivity index (χ1) is 35.9. The fourth-order valence-electron chi connectivity index (χ4n) is 10.6. The number of nitrogens with one attached hydrogen (secondary N) is 4. The Morgan fingerprint density at radius 2 is 1.71 bits per heavy atom. The number of nitrogens with zero attached hydrogens (tertiary/aromatic N) is 4. The topological polar surface area (TPSA) is 212 Å². The molecule has 2 amide bonds. The molecule has 4 heterocycles. The fourth-order valence-corrected chi connectivity index (χ4v) is 12.6. The van der Waals surface area contributed by atoms with Gasteiger partial charge in [0, 0.05) is 80.5 Å². The van der Waals surface area contributed by atoms with E-state index < -0.39 is 54.2 Å². The van der Waals surface area contributed by atoms with E-state index in [9.17, 15) is 33.2 Å². The molecule has 1 saturated carbocycles. The number of hydrogen-bond acceptors (Lipinski definition) is 13. The van der Waals surface area contributed by atoms with Crippen LogP contribution in [-0.2, 0) is 20.4 Å². The number of sulfonamides is 1. The van der Waals surface area contributed by atoms with Gasteiger partial charge in [-0.25, -0.2) is 26.9 Å². The van der Waals surface area contributed by atoms with Crippen molar-refractivity contribution in [2.45, 2.75) is 103 Å². The van der Waals surface area contributed by atoms with Crippen molar-refractivity contribution >= 4 is 66.8 Å². The van der Waals surface area contributed by atoms with Gasteiger partial charge in [-0.2, -0.15) is 0 Å². The number of aromatic nitrogens is 2. The van der Waals surface area contributed by atoms with E-state index in [-0.39, 0.29) is 39.8 Å². The van der Waals surface area contributed by atoms with E-state index in [4.69, 9.17) is 4.74 Å². The van der Waals surface area contributed by atoms with Crippen molar-refractivity contribution in [3.63, 3.8) is 0 Å². The molecule has 76 heavy (non-hydrogen) atoms. The van der Waals surface area contributed by atoms with Gasteiger partial charge in [0.15, 0.2) is 0 Å². The van der Waals surface area contributed by atoms with Gasteiger partial charge in [-0.05, 0) is 154 Å². The Bertz CT molecular complexity index is 3330. The zero-order valence-corrected chi connectivity index (χ0v) is 45.2. The van der Waals surface area contributed by atoms with Crippen LogP contribution in [0.5, 0.6) is 11.5 Å². The summed E-state index contributed by atoms with van der Waals surface area (Å²) < 4.78 is 67.6. The van der Waals surface area contributed by atoms with Gasteiger partial charge in [0.2, 0.25) is 5.91 Å².